The molecule has 1 aliphatic heterocycles. The number of amides is 2. The third-order valence-electron chi connectivity index (χ3n) is 2.28. The van der Waals surface area contributed by atoms with Gasteiger partial charge >= 0.3 is 6.09 Å². The number of nitrogens with zero attached hydrogens (tertiary/aromatic N) is 1. The van der Waals surface area contributed by atoms with Crippen LogP contribution < -0.4 is 5.32 Å². The molecular formula is C8H13ClN2O3. The van der Waals surface area contributed by atoms with Crippen molar-refractivity contribution in [3.63, 3.8) is 0 Å². The molecule has 0 aromatic heterocycles. The molecule has 0 spiro atoms. The number of alkyl halides is 1. The van der Waals surface area contributed by atoms with Crippen LogP contribution in [0.5, 0.6) is 0 Å². The number of likely N-dealkylation sites (tertiary alicyclic amines) is 1. The lowest BCUT2D eigenvalue weighted by Gasteiger charge is -2.21. The molecule has 1 heterocycles. The summed E-state index contributed by atoms with van der Waals surface area (Å²) in [7, 11) is 0. The lowest BCUT2D eigenvalue weighted by atomic mass is 10.2. The first-order valence-electron chi connectivity index (χ1n) is 4.47. The van der Waals surface area contributed by atoms with E-state index in [-0.39, 0.29) is 17.8 Å². The maximum atomic E-state index is 10.8. The van der Waals surface area contributed by atoms with E-state index in [9.17, 15) is 9.59 Å². The summed E-state index contributed by atoms with van der Waals surface area (Å²) in [5.41, 5.74) is 0. The summed E-state index contributed by atoms with van der Waals surface area (Å²) in [4.78, 5) is 22.9. The van der Waals surface area contributed by atoms with Crippen LogP contribution in [-0.2, 0) is 4.79 Å². The van der Waals surface area contributed by atoms with Crippen molar-refractivity contribution in [2.75, 3.05) is 19.0 Å². The normalized spacial score (nSPS) is 20.9. The summed E-state index contributed by atoms with van der Waals surface area (Å²) in [5.74, 6) is -0.344. The Labute approximate surface area is 87.0 Å². The van der Waals surface area contributed by atoms with Gasteiger partial charge in [0.15, 0.2) is 0 Å². The minimum absolute atomic E-state index is 0.0835. The maximum absolute atomic E-state index is 10.8. The molecule has 2 N–H and O–H groups in total. The zero-order valence-electron chi connectivity index (χ0n) is 7.70. The summed E-state index contributed by atoms with van der Waals surface area (Å²) >= 11 is 5.29. The highest BCUT2D eigenvalue weighted by Crippen LogP contribution is 2.16. The van der Waals surface area contributed by atoms with Gasteiger partial charge in [0.2, 0.25) is 5.91 Å². The summed E-state index contributed by atoms with van der Waals surface area (Å²) in [5, 5.41) is 11.4. The van der Waals surface area contributed by atoms with Gasteiger partial charge in [-0.05, 0) is 12.8 Å². The van der Waals surface area contributed by atoms with Crippen molar-refractivity contribution in [1.82, 2.24) is 10.2 Å². The lowest BCUT2D eigenvalue weighted by Crippen LogP contribution is -2.42. The van der Waals surface area contributed by atoms with Crippen LogP contribution in [0.1, 0.15) is 12.8 Å². The molecule has 6 heteroatoms. The van der Waals surface area contributed by atoms with Crippen molar-refractivity contribution in [3.8, 4) is 0 Å². The quantitative estimate of drug-likeness (QED) is 0.680. The van der Waals surface area contributed by atoms with Crippen LogP contribution >= 0.6 is 11.6 Å². The molecule has 0 radical (unpaired) electrons. The second-order valence-corrected chi connectivity index (χ2v) is 3.48. The van der Waals surface area contributed by atoms with Gasteiger partial charge in [0.1, 0.15) is 5.88 Å². The molecule has 0 aliphatic carbocycles. The number of carbonyl (C=O) groups is 2. The van der Waals surface area contributed by atoms with Gasteiger partial charge in [-0.15, -0.1) is 11.6 Å². The second kappa shape index (κ2) is 5.05. The Hall–Kier alpha value is -0.970. The predicted molar refractivity (Wildman–Crippen MR) is 51.5 cm³/mol. The van der Waals surface area contributed by atoms with Crippen molar-refractivity contribution in [3.05, 3.63) is 0 Å². The first kappa shape index (κ1) is 11.1. The van der Waals surface area contributed by atoms with Gasteiger partial charge < -0.3 is 15.3 Å². The molecule has 1 saturated heterocycles. The Morgan fingerprint density at radius 2 is 2.29 bits per heavy atom. The van der Waals surface area contributed by atoms with Gasteiger partial charge in [0, 0.05) is 13.1 Å². The summed E-state index contributed by atoms with van der Waals surface area (Å²) < 4.78 is 0. The number of rotatable bonds is 3. The molecular weight excluding hydrogens is 208 g/mol. The first-order chi connectivity index (χ1) is 6.65. The van der Waals surface area contributed by atoms with Gasteiger partial charge in [-0.2, -0.15) is 0 Å². The number of halogens is 1. The van der Waals surface area contributed by atoms with Gasteiger partial charge in [-0.25, -0.2) is 4.79 Å². The summed E-state index contributed by atoms with van der Waals surface area (Å²) in [6, 6.07) is -0.0975. The molecule has 80 valence electrons. The van der Waals surface area contributed by atoms with Gasteiger partial charge in [-0.1, -0.05) is 0 Å². The van der Waals surface area contributed by atoms with E-state index in [2.05, 4.69) is 5.32 Å². The average Bonchev–Trinajstić information content (AvgIpc) is 2.62. The molecule has 14 heavy (non-hydrogen) atoms. The minimum atomic E-state index is -0.923. The Balaban J connectivity index is 2.36. The van der Waals surface area contributed by atoms with E-state index in [4.69, 9.17) is 16.7 Å². The number of hydrogen-bond donors (Lipinski definition) is 2. The maximum Gasteiger partial charge on any atom is 0.407 e. The largest absolute Gasteiger partial charge is 0.465 e. The Morgan fingerprint density at radius 1 is 1.57 bits per heavy atom. The molecule has 1 rings (SSSR count). The average molecular weight is 221 g/mol. The highest BCUT2D eigenvalue weighted by Gasteiger charge is 2.28. The smallest absolute Gasteiger partial charge is 0.407 e. The fraction of sp³-hybridized carbons (Fsp3) is 0.750. The molecule has 1 aliphatic rings. The van der Waals surface area contributed by atoms with E-state index < -0.39 is 6.09 Å². The van der Waals surface area contributed by atoms with Gasteiger partial charge in [0.05, 0.1) is 6.04 Å². The zero-order chi connectivity index (χ0) is 10.6. The lowest BCUT2D eigenvalue weighted by molar-refractivity contribution is -0.118. The van der Waals surface area contributed by atoms with Crippen molar-refractivity contribution in [2.45, 2.75) is 18.9 Å². The molecule has 0 saturated carbocycles. The van der Waals surface area contributed by atoms with Gasteiger partial charge in [0.25, 0.3) is 0 Å². The van der Waals surface area contributed by atoms with Crippen LogP contribution in [0.15, 0.2) is 0 Å². The van der Waals surface area contributed by atoms with Crippen LogP contribution in [0, 0.1) is 0 Å². The predicted octanol–water partition coefficient (Wildman–Crippen LogP) is 0.484. The number of hydrogen-bond acceptors (Lipinski definition) is 2. The third kappa shape index (κ3) is 2.77. The third-order valence-corrected chi connectivity index (χ3v) is 2.52. The van der Waals surface area contributed by atoms with E-state index in [0.29, 0.717) is 13.1 Å². The highest BCUT2D eigenvalue weighted by molar-refractivity contribution is 6.27. The molecule has 1 atom stereocenters. The molecule has 0 bridgehead atoms. The highest BCUT2D eigenvalue weighted by atomic mass is 35.5. The molecule has 2 amide bonds. The summed E-state index contributed by atoms with van der Waals surface area (Å²) in [6.07, 6.45) is 0.732. The molecule has 5 nitrogen and oxygen atoms in total. The Kier molecular flexibility index (Phi) is 4.00. The van der Waals surface area contributed by atoms with E-state index >= 15 is 0 Å². The fourth-order valence-electron chi connectivity index (χ4n) is 1.58. The topological polar surface area (TPSA) is 69.6 Å². The molecule has 0 aromatic carbocycles. The van der Waals surface area contributed by atoms with E-state index in [1.165, 1.54) is 4.90 Å². The number of nitrogens with one attached hydrogen (secondary N) is 1. The first-order valence-corrected chi connectivity index (χ1v) is 5.01. The van der Waals surface area contributed by atoms with Crippen molar-refractivity contribution in [1.29, 1.82) is 0 Å². The number of carboxylic acid groups (broad SMARTS) is 1. The summed E-state index contributed by atoms with van der Waals surface area (Å²) in [6.45, 7) is 0.911. The molecule has 0 unspecified atom stereocenters. The Bertz CT molecular complexity index is 235. The second-order valence-electron chi connectivity index (χ2n) is 3.21. The number of carbonyl (C=O) groups excluding carboxylic acids is 1. The van der Waals surface area contributed by atoms with Crippen molar-refractivity contribution in [2.24, 2.45) is 0 Å². The fourth-order valence-corrected chi connectivity index (χ4v) is 1.67. The Morgan fingerprint density at radius 3 is 2.86 bits per heavy atom. The van der Waals surface area contributed by atoms with Gasteiger partial charge in [-0.3, -0.25) is 4.79 Å². The van der Waals surface area contributed by atoms with Crippen molar-refractivity contribution >= 4 is 23.6 Å². The van der Waals surface area contributed by atoms with Crippen LogP contribution in [0.25, 0.3) is 0 Å². The van der Waals surface area contributed by atoms with Crippen LogP contribution in [0.4, 0.5) is 4.79 Å². The van der Waals surface area contributed by atoms with E-state index in [0.717, 1.165) is 12.8 Å². The zero-order valence-corrected chi connectivity index (χ0v) is 8.46. The van der Waals surface area contributed by atoms with Crippen LogP contribution in [-0.4, -0.2) is 47.0 Å². The van der Waals surface area contributed by atoms with Crippen LogP contribution in [0.3, 0.4) is 0 Å². The monoisotopic (exact) mass is 220 g/mol. The van der Waals surface area contributed by atoms with E-state index in [1.807, 2.05) is 0 Å². The van der Waals surface area contributed by atoms with Crippen LogP contribution in [0.2, 0.25) is 0 Å². The SMILES string of the molecule is O=C(CCl)NC[C@@H]1CCCN1C(=O)O. The van der Waals surface area contributed by atoms with Crippen molar-refractivity contribution < 1.29 is 14.7 Å². The molecule has 0 aromatic rings. The van der Waals surface area contributed by atoms with E-state index in [1.54, 1.807) is 0 Å². The minimum Gasteiger partial charge on any atom is -0.465 e. The standard InChI is InChI=1S/C8H13ClN2O3/c9-4-7(12)10-5-6-2-1-3-11(6)8(13)14/h6H,1-5H2,(H,10,12)(H,13,14)/t6-/m0/s1. The molecule has 1 fully saturated rings.